The molecule has 0 spiro atoms. The summed E-state index contributed by atoms with van der Waals surface area (Å²) in [4.78, 5) is 22.5. The summed E-state index contributed by atoms with van der Waals surface area (Å²) in [6, 6.07) is 1.64. The SMILES string of the molecule is Cn1ccc(CCNC(=O)NC2CCC(C(=O)O)C2)n1. The van der Waals surface area contributed by atoms with Crippen molar-refractivity contribution in [3.05, 3.63) is 18.0 Å². The van der Waals surface area contributed by atoms with Crippen molar-refractivity contribution in [2.45, 2.75) is 31.7 Å². The Bertz CT molecular complexity index is 486. The standard InChI is InChI=1S/C13H20N4O3/c1-17-7-5-10(16-17)4-6-14-13(20)15-11-3-2-9(8-11)12(18)19/h5,7,9,11H,2-4,6,8H2,1H3,(H,18,19)(H2,14,15,20). The van der Waals surface area contributed by atoms with Gasteiger partial charge in [0.2, 0.25) is 0 Å². The number of nitrogens with one attached hydrogen (secondary N) is 2. The molecule has 0 bridgehead atoms. The molecule has 7 heteroatoms. The van der Waals surface area contributed by atoms with E-state index >= 15 is 0 Å². The van der Waals surface area contributed by atoms with Gasteiger partial charge >= 0.3 is 12.0 Å². The van der Waals surface area contributed by atoms with E-state index in [1.807, 2.05) is 19.3 Å². The molecule has 0 aromatic carbocycles. The van der Waals surface area contributed by atoms with Gasteiger partial charge in [0.1, 0.15) is 0 Å². The molecule has 2 atom stereocenters. The van der Waals surface area contributed by atoms with Crippen LogP contribution in [0.2, 0.25) is 0 Å². The molecule has 1 saturated carbocycles. The maximum atomic E-state index is 11.7. The third kappa shape index (κ3) is 3.97. The molecule has 0 radical (unpaired) electrons. The highest BCUT2D eigenvalue weighted by molar-refractivity contribution is 5.75. The number of carbonyl (C=O) groups is 2. The van der Waals surface area contributed by atoms with Gasteiger partial charge in [0.15, 0.2) is 0 Å². The van der Waals surface area contributed by atoms with E-state index in [0.717, 1.165) is 12.1 Å². The van der Waals surface area contributed by atoms with Crippen LogP contribution in [0.25, 0.3) is 0 Å². The van der Waals surface area contributed by atoms with Crippen molar-refractivity contribution >= 4 is 12.0 Å². The largest absolute Gasteiger partial charge is 0.481 e. The molecule has 7 nitrogen and oxygen atoms in total. The van der Waals surface area contributed by atoms with Crippen LogP contribution in [0, 0.1) is 5.92 Å². The van der Waals surface area contributed by atoms with E-state index in [2.05, 4.69) is 15.7 Å². The van der Waals surface area contributed by atoms with E-state index in [1.54, 1.807) is 4.68 Å². The Labute approximate surface area is 117 Å². The first-order valence-electron chi connectivity index (χ1n) is 6.80. The highest BCUT2D eigenvalue weighted by Gasteiger charge is 2.30. The maximum absolute atomic E-state index is 11.7. The van der Waals surface area contributed by atoms with E-state index in [9.17, 15) is 9.59 Å². The molecule has 1 heterocycles. The Morgan fingerprint density at radius 2 is 2.30 bits per heavy atom. The van der Waals surface area contributed by atoms with Crippen molar-refractivity contribution < 1.29 is 14.7 Å². The van der Waals surface area contributed by atoms with Crippen LogP contribution in [-0.4, -0.2) is 39.5 Å². The van der Waals surface area contributed by atoms with E-state index in [0.29, 0.717) is 25.8 Å². The maximum Gasteiger partial charge on any atom is 0.315 e. The molecule has 20 heavy (non-hydrogen) atoms. The van der Waals surface area contributed by atoms with E-state index in [1.165, 1.54) is 0 Å². The third-order valence-corrected chi connectivity index (χ3v) is 3.55. The first kappa shape index (κ1) is 14.4. The van der Waals surface area contributed by atoms with Crippen LogP contribution >= 0.6 is 0 Å². The van der Waals surface area contributed by atoms with E-state index in [4.69, 9.17) is 5.11 Å². The summed E-state index contributed by atoms with van der Waals surface area (Å²) in [5.41, 5.74) is 0.930. The van der Waals surface area contributed by atoms with Gasteiger partial charge in [-0.1, -0.05) is 0 Å². The molecule has 1 fully saturated rings. The highest BCUT2D eigenvalue weighted by atomic mass is 16.4. The zero-order valence-electron chi connectivity index (χ0n) is 11.5. The zero-order chi connectivity index (χ0) is 14.5. The van der Waals surface area contributed by atoms with Gasteiger partial charge in [-0.15, -0.1) is 0 Å². The van der Waals surface area contributed by atoms with E-state index in [-0.39, 0.29) is 18.0 Å². The van der Waals surface area contributed by atoms with Crippen molar-refractivity contribution in [3.8, 4) is 0 Å². The number of nitrogens with zero attached hydrogens (tertiary/aromatic N) is 2. The monoisotopic (exact) mass is 280 g/mol. The van der Waals surface area contributed by atoms with Crippen LogP contribution < -0.4 is 10.6 Å². The second kappa shape index (κ2) is 6.40. The van der Waals surface area contributed by atoms with Crippen LogP contribution in [0.3, 0.4) is 0 Å². The second-order valence-corrected chi connectivity index (χ2v) is 5.18. The number of amides is 2. The number of hydrogen-bond donors (Lipinski definition) is 3. The molecule has 0 aliphatic heterocycles. The van der Waals surface area contributed by atoms with Gasteiger partial charge < -0.3 is 15.7 Å². The second-order valence-electron chi connectivity index (χ2n) is 5.18. The average molecular weight is 280 g/mol. The van der Waals surface area contributed by atoms with Gasteiger partial charge in [0.05, 0.1) is 11.6 Å². The minimum atomic E-state index is -0.773. The smallest absolute Gasteiger partial charge is 0.315 e. The molecule has 2 amide bonds. The van der Waals surface area contributed by atoms with Gasteiger partial charge in [-0.3, -0.25) is 9.48 Å². The molecule has 1 aromatic rings. The number of aliphatic carboxylic acids is 1. The summed E-state index contributed by atoms with van der Waals surface area (Å²) in [5.74, 6) is -1.10. The number of aryl methyl sites for hydroxylation is 1. The van der Waals surface area contributed by atoms with Crippen molar-refractivity contribution in [1.29, 1.82) is 0 Å². The Hall–Kier alpha value is -2.05. The fourth-order valence-corrected chi connectivity index (χ4v) is 2.47. The van der Waals surface area contributed by atoms with Crippen LogP contribution in [0.1, 0.15) is 25.0 Å². The predicted molar refractivity (Wildman–Crippen MR) is 72.2 cm³/mol. The molecule has 0 saturated heterocycles. The summed E-state index contributed by atoms with van der Waals surface area (Å²) in [5, 5.41) is 18.7. The van der Waals surface area contributed by atoms with Crippen molar-refractivity contribution in [3.63, 3.8) is 0 Å². The number of hydrogen-bond acceptors (Lipinski definition) is 3. The number of carboxylic acids is 1. The van der Waals surface area contributed by atoms with Gasteiger partial charge in [0, 0.05) is 32.3 Å². The summed E-state index contributed by atoms with van der Waals surface area (Å²) >= 11 is 0. The minimum absolute atomic E-state index is 0.0362. The number of urea groups is 1. The van der Waals surface area contributed by atoms with Crippen LogP contribution in [0.5, 0.6) is 0 Å². The van der Waals surface area contributed by atoms with Gasteiger partial charge in [0.25, 0.3) is 0 Å². The molecule has 3 N–H and O–H groups in total. The molecule has 110 valence electrons. The van der Waals surface area contributed by atoms with Crippen molar-refractivity contribution in [2.24, 2.45) is 13.0 Å². The highest BCUT2D eigenvalue weighted by Crippen LogP contribution is 2.25. The lowest BCUT2D eigenvalue weighted by atomic mass is 10.1. The summed E-state index contributed by atoms with van der Waals surface area (Å²) in [6.45, 7) is 0.512. The fraction of sp³-hybridized carbons (Fsp3) is 0.615. The lowest BCUT2D eigenvalue weighted by molar-refractivity contribution is -0.141. The first-order chi connectivity index (χ1) is 9.54. The van der Waals surface area contributed by atoms with Gasteiger partial charge in [-0.25, -0.2) is 4.79 Å². The summed E-state index contributed by atoms with van der Waals surface area (Å²) in [6.07, 6.45) is 4.42. The number of rotatable bonds is 5. The Kier molecular flexibility index (Phi) is 4.60. The lowest BCUT2D eigenvalue weighted by Crippen LogP contribution is -2.41. The normalized spacial score (nSPS) is 21.6. The van der Waals surface area contributed by atoms with Crippen molar-refractivity contribution in [2.75, 3.05) is 6.54 Å². The van der Waals surface area contributed by atoms with Crippen molar-refractivity contribution in [1.82, 2.24) is 20.4 Å². The quantitative estimate of drug-likeness (QED) is 0.732. The average Bonchev–Trinajstić information content (AvgIpc) is 2.99. The molecular formula is C13H20N4O3. The third-order valence-electron chi connectivity index (χ3n) is 3.55. The fourth-order valence-electron chi connectivity index (χ4n) is 2.47. The zero-order valence-corrected chi connectivity index (χ0v) is 11.5. The molecule has 1 aromatic heterocycles. The first-order valence-corrected chi connectivity index (χ1v) is 6.80. The Morgan fingerprint density at radius 3 is 2.90 bits per heavy atom. The Morgan fingerprint density at radius 1 is 1.50 bits per heavy atom. The topological polar surface area (TPSA) is 96.2 Å². The Balaban J connectivity index is 1.65. The lowest BCUT2D eigenvalue weighted by Gasteiger charge is -2.13. The summed E-state index contributed by atoms with van der Waals surface area (Å²) < 4.78 is 1.72. The molecular weight excluding hydrogens is 260 g/mol. The van der Waals surface area contributed by atoms with Crippen LogP contribution in [0.4, 0.5) is 4.79 Å². The number of carbonyl (C=O) groups excluding carboxylic acids is 1. The van der Waals surface area contributed by atoms with Crippen LogP contribution in [-0.2, 0) is 18.3 Å². The van der Waals surface area contributed by atoms with Crippen LogP contribution in [0.15, 0.2) is 12.3 Å². The molecule has 2 rings (SSSR count). The molecule has 2 unspecified atom stereocenters. The molecule has 1 aliphatic rings. The predicted octanol–water partition coefficient (Wildman–Crippen LogP) is 0.515. The summed E-state index contributed by atoms with van der Waals surface area (Å²) in [7, 11) is 1.85. The minimum Gasteiger partial charge on any atom is -0.481 e. The van der Waals surface area contributed by atoms with Gasteiger partial charge in [-0.05, 0) is 25.3 Å². The van der Waals surface area contributed by atoms with E-state index < -0.39 is 5.97 Å². The number of carboxylic acid groups (broad SMARTS) is 1. The van der Waals surface area contributed by atoms with Gasteiger partial charge in [-0.2, -0.15) is 5.10 Å². The number of aromatic nitrogens is 2. The molecule has 1 aliphatic carbocycles.